The van der Waals surface area contributed by atoms with Gasteiger partial charge in [0, 0.05) is 125 Å². The number of piperidine rings is 3. The summed E-state index contributed by atoms with van der Waals surface area (Å²) in [6.45, 7) is 34.8. The molecule has 3 N–H and O–H groups in total. The molecule has 1 aromatic heterocycles. The van der Waals surface area contributed by atoms with Crippen molar-refractivity contribution in [1.82, 2.24) is 40.1 Å². The van der Waals surface area contributed by atoms with E-state index in [0.29, 0.717) is 105 Å². The molecule has 25 heteroatoms. The highest BCUT2D eigenvalue weighted by Gasteiger charge is 2.53. The highest BCUT2D eigenvalue weighted by atomic mass is 16.7. The number of aromatic hydroxyl groups is 1. The summed E-state index contributed by atoms with van der Waals surface area (Å²) >= 11 is 0. The SMILES string of the molecule is CCN(CC)C(=O)c1ccc(B2OC(C)(C)C(C)(C)O2)c(OCOC)c1.CCN(CC)C(=O)c1ccc(C2=CC3(CCN(C(=O)OCc4ccccc4)CC3)Cc3ccc(OC)cc32)c(OCOC)c1.CCN(CC)C(=O)c1ccc(C2=CC3(CCNCC3)Cc3ccc(OC)cc32)c(O)c1.CCN(CC)C(=O)c1ccc(C2CC3(CCNCC3)Cc3ccc(OC)cc32)cn1. The normalized spacial score (nSPS) is 17.3. The zero-order valence-corrected chi connectivity index (χ0v) is 80.2. The number of hydrogen-bond acceptors (Lipinski definition) is 19. The van der Waals surface area contributed by atoms with Crippen LogP contribution in [-0.2, 0) is 49.4 Å². The molecule has 0 radical (unpaired) electrons. The average Bonchev–Trinajstić information content (AvgIpc) is 1.66. The smallest absolute Gasteiger partial charge is 0.498 e. The topological polar surface area (TPSA) is 251 Å². The molecule has 1 unspecified atom stereocenters. The van der Waals surface area contributed by atoms with E-state index < -0.39 is 18.3 Å². The first-order chi connectivity index (χ1) is 63.1. The number of phenols is 1. The molecule has 1 atom stereocenters. The minimum atomic E-state index is -0.565. The molecule has 5 heterocycles. The Hall–Kier alpha value is -11.1. The third-order valence-corrected chi connectivity index (χ3v) is 27.7. The van der Waals surface area contributed by atoms with E-state index in [0.717, 1.165) is 139 Å². The molecule has 7 aromatic carbocycles. The van der Waals surface area contributed by atoms with E-state index >= 15 is 0 Å². The van der Waals surface area contributed by atoms with Gasteiger partial charge in [-0.15, -0.1) is 0 Å². The van der Waals surface area contributed by atoms with Gasteiger partial charge in [0.2, 0.25) is 0 Å². The third kappa shape index (κ3) is 23.2. The number of carbonyl (C=O) groups is 5. The number of phenolic OH excluding ortho intramolecular Hbond substituents is 1. The average molecular weight is 1790 g/mol. The van der Waals surface area contributed by atoms with Crippen LogP contribution in [0.4, 0.5) is 4.79 Å². The lowest BCUT2D eigenvalue weighted by Gasteiger charge is -2.45. The lowest BCUT2D eigenvalue weighted by molar-refractivity contribution is 0.00578. The van der Waals surface area contributed by atoms with E-state index in [2.05, 4.69) is 76.3 Å². The van der Waals surface area contributed by atoms with Gasteiger partial charge in [0.15, 0.2) is 13.6 Å². The van der Waals surface area contributed by atoms with Crippen LogP contribution in [0.3, 0.4) is 0 Å². The Morgan fingerprint density at radius 3 is 1.44 bits per heavy atom. The van der Waals surface area contributed by atoms with Crippen LogP contribution < -0.4 is 39.8 Å². The summed E-state index contributed by atoms with van der Waals surface area (Å²) in [6, 6.07) is 49.1. The van der Waals surface area contributed by atoms with Gasteiger partial charge in [0.25, 0.3) is 23.6 Å². The van der Waals surface area contributed by atoms with Gasteiger partial charge < -0.3 is 87.4 Å². The van der Waals surface area contributed by atoms with Gasteiger partial charge in [0.05, 0.1) is 32.5 Å². The Morgan fingerprint density at radius 2 is 0.939 bits per heavy atom. The number of amides is 5. The number of likely N-dealkylation sites (tertiary alicyclic amines) is 1. The monoisotopic (exact) mass is 1790 g/mol. The van der Waals surface area contributed by atoms with Gasteiger partial charge in [-0.1, -0.05) is 72.8 Å². The summed E-state index contributed by atoms with van der Waals surface area (Å²) in [5.74, 6) is 3.91. The molecule has 4 aliphatic heterocycles. The third-order valence-electron chi connectivity index (χ3n) is 27.7. The van der Waals surface area contributed by atoms with E-state index in [1.165, 1.54) is 40.7 Å². The van der Waals surface area contributed by atoms with E-state index in [9.17, 15) is 29.1 Å². The molecule has 3 spiro atoms. The number of allylic oxidation sites excluding steroid dienone is 2. The van der Waals surface area contributed by atoms with Gasteiger partial charge in [-0.2, -0.15) is 0 Å². The molecule has 4 saturated heterocycles. The van der Waals surface area contributed by atoms with Crippen molar-refractivity contribution < 1.29 is 76.3 Å². The Bertz CT molecular complexity index is 5280. The minimum absolute atomic E-state index is 0.00656. The van der Waals surface area contributed by atoms with Gasteiger partial charge in [0.1, 0.15) is 46.8 Å². The van der Waals surface area contributed by atoms with Gasteiger partial charge in [-0.25, -0.2) is 4.79 Å². The predicted octanol–water partition coefficient (Wildman–Crippen LogP) is 17.3. The Labute approximate surface area is 776 Å². The molecule has 131 heavy (non-hydrogen) atoms. The molecule has 700 valence electrons. The van der Waals surface area contributed by atoms with Gasteiger partial charge in [-0.3, -0.25) is 24.2 Å². The molecule has 7 aliphatic rings. The largest absolute Gasteiger partial charge is 0.507 e. The molecule has 0 saturated carbocycles. The fourth-order valence-corrected chi connectivity index (χ4v) is 19.2. The van der Waals surface area contributed by atoms with Crippen molar-refractivity contribution in [3.63, 3.8) is 0 Å². The maximum absolute atomic E-state index is 13.2. The molecule has 5 amide bonds. The molecule has 8 aromatic rings. The van der Waals surface area contributed by atoms with Crippen LogP contribution in [0.25, 0.3) is 11.1 Å². The first-order valence-electron chi connectivity index (χ1n) is 46.8. The first-order valence-corrected chi connectivity index (χ1v) is 46.8. The van der Waals surface area contributed by atoms with Crippen molar-refractivity contribution in [1.29, 1.82) is 0 Å². The fourth-order valence-electron chi connectivity index (χ4n) is 19.2. The number of nitrogens with zero attached hydrogens (tertiary/aromatic N) is 6. The van der Waals surface area contributed by atoms with Gasteiger partial charge in [-0.05, 0) is 336 Å². The number of fused-ring (bicyclic) bond motifs is 3. The van der Waals surface area contributed by atoms with Crippen LogP contribution in [0.1, 0.15) is 231 Å². The first kappa shape index (κ1) is 99.0. The molecule has 0 bridgehead atoms. The maximum atomic E-state index is 13.2. The summed E-state index contributed by atoms with van der Waals surface area (Å²) in [5.41, 5.74) is 15.6. The van der Waals surface area contributed by atoms with Crippen LogP contribution >= 0.6 is 0 Å². The van der Waals surface area contributed by atoms with Crippen molar-refractivity contribution in [2.75, 3.05) is 141 Å². The Kier molecular flexibility index (Phi) is 33.9. The summed E-state index contributed by atoms with van der Waals surface area (Å²) in [5, 5.41) is 18.0. The quantitative estimate of drug-likeness (QED) is 0.0320. The van der Waals surface area contributed by atoms with Crippen molar-refractivity contribution in [3.05, 3.63) is 248 Å². The van der Waals surface area contributed by atoms with Crippen molar-refractivity contribution >= 4 is 53.4 Å². The van der Waals surface area contributed by atoms with E-state index in [1.54, 1.807) is 68.4 Å². The van der Waals surface area contributed by atoms with Crippen molar-refractivity contribution in [2.45, 2.75) is 171 Å². The second kappa shape index (κ2) is 44.9. The lowest BCUT2D eigenvalue weighted by atomic mass is 9.62. The van der Waals surface area contributed by atoms with Crippen molar-refractivity contribution in [3.8, 4) is 34.5 Å². The Balaban J connectivity index is 0.000000161. The molecular formula is C106H137BN8O16. The second-order valence-electron chi connectivity index (χ2n) is 36.0. The van der Waals surface area contributed by atoms with Crippen LogP contribution in [0.5, 0.6) is 34.5 Å². The number of aromatic nitrogens is 1. The molecule has 24 nitrogen and oxygen atoms in total. The fraction of sp³-hybridized carbons (Fsp3) is 0.472. The summed E-state index contributed by atoms with van der Waals surface area (Å²) in [6.07, 6.45) is 16.6. The zero-order valence-electron chi connectivity index (χ0n) is 80.2. The number of nitrogens with one attached hydrogen (secondary N) is 2. The van der Waals surface area contributed by atoms with E-state index in [4.69, 9.17) is 47.2 Å². The number of carbonyl (C=O) groups excluding carboxylic acids is 5. The highest BCUT2D eigenvalue weighted by molar-refractivity contribution is 6.63. The molecule has 4 fully saturated rings. The number of methoxy groups -OCH3 is 5. The lowest BCUT2D eigenvalue weighted by Crippen LogP contribution is -2.44. The zero-order chi connectivity index (χ0) is 93.8. The number of pyridine rings is 1. The van der Waals surface area contributed by atoms with Crippen LogP contribution in [0.15, 0.2) is 170 Å². The van der Waals surface area contributed by atoms with E-state index in [-0.39, 0.29) is 72.4 Å². The number of benzene rings is 7. The molecule has 3 aliphatic carbocycles. The second-order valence-corrected chi connectivity index (χ2v) is 36.0. The van der Waals surface area contributed by atoms with E-state index in [1.807, 2.05) is 184 Å². The molecule has 15 rings (SSSR count). The Morgan fingerprint density at radius 1 is 0.481 bits per heavy atom. The number of hydrogen-bond donors (Lipinski definition) is 3. The molecular weight excluding hydrogens is 1650 g/mol. The predicted molar refractivity (Wildman–Crippen MR) is 515 cm³/mol. The van der Waals surface area contributed by atoms with Crippen LogP contribution in [-0.4, -0.2) is 223 Å². The van der Waals surface area contributed by atoms with Crippen molar-refractivity contribution in [2.24, 2.45) is 16.2 Å². The summed E-state index contributed by atoms with van der Waals surface area (Å²) < 4.78 is 56.6. The number of rotatable bonds is 27. The van der Waals surface area contributed by atoms with Gasteiger partial charge >= 0.3 is 13.2 Å². The number of ether oxygens (including phenoxy) is 8. The standard InChI is InChI=1S/C36H42N2O6.C26H32N2O3.C25H33N3O2.C19H30BNO5/c1-5-37(6-2)34(39)27-13-15-30(33(20-27)44-25-41-3)32-23-36(22-28-12-14-29(42-4)21-31(28)32)16-18-38(19-17-36)35(40)43-24-26-10-8-7-9-11-26;1-4-28(5-2)25(30)18-7-9-21(24(29)14-18)23-17-26(10-12-27-13-11-26)16-19-6-8-20(31-3)15-22(19)23;1-4-28(5-2)24(29)23-9-7-19(17-27-23)22-16-25(10-12-26-13-11-25)15-18-6-8-20(30-3)14-21(18)22;1-8-21(9-2)17(22)14-10-11-15(16(12-14)24-13-23-7)20-25-18(3,4)19(5,6)26-20/h7-15,20-21,23H,5-6,16-19,22,24-25H2,1-4H3;6-9,14-15,17,27,29H,4-5,10-13,16H2,1-3H3;6-9,14,17,22,26H,4-5,10-13,15-16H2,1-3H3;10-12H,8-9,13H2,1-7H3. The summed E-state index contributed by atoms with van der Waals surface area (Å²) in [7, 11) is 7.64. The summed E-state index contributed by atoms with van der Waals surface area (Å²) in [4.78, 5) is 77.7. The highest BCUT2D eigenvalue weighted by Crippen LogP contribution is 2.53. The maximum Gasteiger partial charge on any atom is 0.498 e. The van der Waals surface area contributed by atoms with Crippen LogP contribution in [0, 0.1) is 16.2 Å². The minimum Gasteiger partial charge on any atom is -0.507 e. The van der Waals surface area contributed by atoms with Crippen LogP contribution in [0.2, 0.25) is 0 Å².